The summed E-state index contributed by atoms with van der Waals surface area (Å²) in [6.07, 6.45) is 17.7. The van der Waals surface area contributed by atoms with Crippen LogP contribution in [0, 0.1) is 5.41 Å². The van der Waals surface area contributed by atoms with Crippen molar-refractivity contribution in [1.29, 1.82) is 0 Å². The summed E-state index contributed by atoms with van der Waals surface area (Å²) in [7, 11) is 0. The van der Waals surface area contributed by atoms with E-state index in [-0.39, 0.29) is 6.61 Å². The van der Waals surface area contributed by atoms with Crippen LogP contribution < -0.4 is 0 Å². The number of rotatable bonds is 23. The van der Waals surface area contributed by atoms with Crippen LogP contribution in [0.1, 0.15) is 136 Å². The molecule has 0 saturated carbocycles. The van der Waals surface area contributed by atoms with E-state index in [1.807, 2.05) is 6.92 Å². The van der Waals surface area contributed by atoms with Gasteiger partial charge in [-0.2, -0.15) is 0 Å². The summed E-state index contributed by atoms with van der Waals surface area (Å²) in [5.74, 6) is -0.827. The minimum atomic E-state index is -1.19. The van der Waals surface area contributed by atoms with Gasteiger partial charge in [0.1, 0.15) is 0 Å². The first-order chi connectivity index (χ1) is 15.6. The maximum absolute atomic E-state index is 13.0. The van der Waals surface area contributed by atoms with Crippen molar-refractivity contribution in [1.82, 2.24) is 0 Å². The van der Waals surface area contributed by atoms with Gasteiger partial charge in [-0.25, -0.2) is 0 Å². The summed E-state index contributed by atoms with van der Waals surface area (Å²) in [6, 6.07) is 0. The van der Waals surface area contributed by atoms with Crippen LogP contribution in [-0.4, -0.2) is 36.9 Å². The zero-order valence-electron chi connectivity index (χ0n) is 21.4. The van der Waals surface area contributed by atoms with E-state index in [2.05, 4.69) is 13.8 Å². The minimum absolute atomic E-state index is 0.180. The van der Waals surface area contributed by atoms with Crippen molar-refractivity contribution in [2.75, 3.05) is 19.8 Å². The summed E-state index contributed by atoms with van der Waals surface area (Å²) in [4.78, 5) is 26.1. The quantitative estimate of drug-likeness (QED) is 0.101. The molecule has 5 heteroatoms. The fourth-order valence-corrected chi connectivity index (χ4v) is 4.02. The van der Waals surface area contributed by atoms with Crippen LogP contribution in [0.4, 0.5) is 0 Å². The largest absolute Gasteiger partial charge is 0.465 e. The lowest BCUT2D eigenvalue weighted by atomic mass is 9.80. The van der Waals surface area contributed by atoms with Crippen LogP contribution in [0.5, 0.6) is 0 Å². The summed E-state index contributed by atoms with van der Waals surface area (Å²) in [6.45, 7) is 7.21. The van der Waals surface area contributed by atoms with E-state index in [9.17, 15) is 9.59 Å². The van der Waals surface area contributed by atoms with Crippen molar-refractivity contribution in [2.45, 2.75) is 136 Å². The van der Waals surface area contributed by atoms with Crippen molar-refractivity contribution in [3.8, 4) is 0 Å². The van der Waals surface area contributed by atoms with Gasteiger partial charge in [0, 0.05) is 6.61 Å². The lowest BCUT2D eigenvalue weighted by Crippen LogP contribution is -2.42. The molecule has 0 aliphatic heterocycles. The lowest BCUT2D eigenvalue weighted by molar-refractivity contribution is -0.174. The number of carbonyl (C=O) groups excluding carboxylic acids is 2. The Bertz CT molecular complexity index is 419. The Hall–Kier alpha value is -1.10. The highest BCUT2D eigenvalue weighted by atomic mass is 16.6. The first kappa shape index (κ1) is 30.9. The number of carbonyl (C=O) groups is 2. The molecule has 5 nitrogen and oxygen atoms in total. The van der Waals surface area contributed by atoms with Crippen molar-refractivity contribution < 1.29 is 24.2 Å². The average Bonchev–Trinajstić information content (AvgIpc) is 2.80. The van der Waals surface area contributed by atoms with Gasteiger partial charge in [-0.15, -0.1) is 0 Å². The Kier molecular flexibility index (Phi) is 21.0. The van der Waals surface area contributed by atoms with Crippen LogP contribution in [0.3, 0.4) is 0 Å². The van der Waals surface area contributed by atoms with Crippen LogP contribution in [0.25, 0.3) is 0 Å². The third-order valence-electron chi connectivity index (χ3n) is 6.36. The van der Waals surface area contributed by atoms with Gasteiger partial charge >= 0.3 is 11.9 Å². The summed E-state index contributed by atoms with van der Waals surface area (Å²) in [5, 5.41) is 8.98. The van der Waals surface area contributed by atoms with Crippen LogP contribution >= 0.6 is 0 Å². The average molecular weight is 457 g/mol. The van der Waals surface area contributed by atoms with Gasteiger partial charge in [0.15, 0.2) is 5.41 Å². The zero-order valence-corrected chi connectivity index (χ0v) is 21.4. The van der Waals surface area contributed by atoms with E-state index in [4.69, 9.17) is 14.6 Å². The zero-order chi connectivity index (χ0) is 23.9. The highest BCUT2D eigenvalue weighted by Crippen LogP contribution is 2.33. The van der Waals surface area contributed by atoms with Gasteiger partial charge in [0.2, 0.25) is 0 Å². The molecule has 0 aromatic rings. The Morgan fingerprint density at radius 3 is 1.44 bits per heavy atom. The van der Waals surface area contributed by atoms with E-state index < -0.39 is 17.4 Å². The van der Waals surface area contributed by atoms with Gasteiger partial charge in [-0.05, 0) is 32.1 Å². The number of aliphatic hydroxyl groups excluding tert-OH is 1. The lowest BCUT2D eigenvalue weighted by Gasteiger charge is -2.28. The Morgan fingerprint density at radius 2 is 1.00 bits per heavy atom. The first-order valence-electron chi connectivity index (χ1n) is 13.5. The van der Waals surface area contributed by atoms with Crippen LogP contribution in [0.2, 0.25) is 0 Å². The molecule has 1 N–H and O–H groups in total. The Balaban J connectivity index is 4.67. The molecule has 0 amide bonds. The van der Waals surface area contributed by atoms with Gasteiger partial charge in [0.05, 0.1) is 13.2 Å². The maximum Gasteiger partial charge on any atom is 0.323 e. The molecule has 0 atom stereocenters. The molecule has 0 heterocycles. The van der Waals surface area contributed by atoms with Crippen molar-refractivity contribution >= 4 is 11.9 Å². The molecule has 0 aromatic carbocycles. The highest BCUT2D eigenvalue weighted by Gasteiger charge is 2.46. The molecule has 0 saturated heterocycles. The topological polar surface area (TPSA) is 72.8 Å². The maximum atomic E-state index is 13.0. The molecular formula is C27H52O5. The fourth-order valence-electron chi connectivity index (χ4n) is 4.02. The number of aliphatic hydroxyl groups is 1. The smallest absolute Gasteiger partial charge is 0.323 e. The molecule has 0 aliphatic rings. The number of esters is 2. The van der Waals surface area contributed by atoms with Crippen molar-refractivity contribution in [3.63, 3.8) is 0 Å². The minimum Gasteiger partial charge on any atom is -0.465 e. The third kappa shape index (κ3) is 14.1. The molecule has 0 spiro atoms. The fraction of sp³-hybridized carbons (Fsp3) is 0.926. The number of hydrogen-bond donors (Lipinski definition) is 1. The predicted molar refractivity (Wildman–Crippen MR) is 132 cm³/mol. The molecule has 0 radical (unpaired) electrons. The molecule has 190 valence electrons. The van der Waals surface area contributed by atoms with E-state index >= 15 is 0 Å². The number of unbranched alkanes of at least 4 members (excludes halogenated alkanes) is 13. The molecule has 32 heavy (non-hydrogen) atoms. The van der Waals surface area contributed by atoms with Gasteiger partial charge < -0.3 is 14.6 Å². The summed E-state index contributed by atoms with van der Waals surface area (Å²) in [5.41, 5.74) is -1.19. The highest BCUT2D eigenvalue weighted by molar-refractivity contribution is 6.00. The molecule has 0 aromatic heterocycles. The van der Waals surface area contributed by atoms with Gasteiger partial charge in [0.25, 0.3) is 0 Å². The third-order valence-corrected chi connectivity index (χ3v) is 6.36. The Morgan fingerprint density at radius 1 is 0.594 bits per heavy atom. The monoisotopic (exact) mass is 456 g/mol. The van der Waals surface area contributed by atoms with Crippen LogP contribution in [-0.2, 0) is 19.1 Å². The normalized spacial score (nSPS) is 11.5. The molecule has 0 aliphatic carbocycles. The van der Waals surface area contributed by atoms with E-state index in [0.717, 1.165) is 64.2 Å². The molecular weight excluding hydrogens is 404 g/mol. The predicted octanol–water partition coefficient (Wildman–Crippen LogP) is 7.13. The van der Waals surface area contributed by atoms with E-state index in [0.29, 0.717) is 26.1 Å². The number of hydrogen-bond acceptors (Lipinski definition) is 5. The van der Waals surface area contributed by atoms with E-state index in [1.54, 1.807) is 0 Å². The summed E-state index contributed by atoms with van der Waals surface area (Å²) < 4.78 is 11.2. The molecule has 0 bridgehead atoms. The second-order valence-electron chi connectivity index (χ2n) is 9.13. The molecule has 0 unspecified atom stereocenters. The standard InChI is InChI=1S/C27H52O5/c1-4-7-9-11-15-19-23-31-25(29)27(6-3,21-17-13-14-18-22-28)26(30)32-24-20-16-12-10-8-5-2/h28H,4-24H2,1-3H3. The number of ether oxygens (including phenoxy) is 2. The summed E-state index contributed by atoms with van der Waals surface area (Å²) >= 11 is 0. The second-order valence-corrected chi connectivity index (χ2v) is 9.13. The Labute approximate surface area is 198 Å². The second kappa shape index (κ2) is 21.7. The van der Waals surface area contributed by atoms with E-state index in [1.165, 1.54) is 38.5 Å². The first-order valence-corrected chi connectivity index (χ1v) is 13.5. The van der Waals surface area contributed by atoms with Crippen molar-refractivity contribution in [3.05, 3.63) is 0 Å². The van der Waals surface area contributed by atoms with Gasteiger partial charge in [-0.1, -0.05) is 104 Å². The van der Waals surface area contributed by atoms with Gasteiger partial charge in [-0.3, -0.25) is 9.59 Å². The SMILES string of the molecule is CCCCCCCCOC(=O)C(CC)(CCCCCCO)C(=O)OCCCCCCCC. The van der Waals surface area contributed by atoms with Crippen molar-refractivity contribution in [2.24, 2.45) is 5.41 Å². The molecule has 0 rings (SSSR count). The molecule has 0 fully saturated rings. The van der Waals surface area contributed by atoms with Crippen LogP contribution in [0.15, 0.2) is 0 Å².